The third-order valence-electron chi connectivity index (χ3n) is 7.63. The fourth-order valence-corrected chi connectivity index (χ4v) is 5.46. The van der Waals surface area contributed by atoms with Crippen LogP contribution in [0.15, 0.2) is 97.1 Å². The van der Waals surface area contributed by atoms with E-state index in [2.05, 4.69) is 12.1 Å². The van der Waals surface area contributed by atoms with Crippen LogP contribution in [0.25, 0.3) is 0 Å². The van der Waals surface area contributed by atoms with E-state index in [0.717, 1.165) is 22.3 Å². The number of hydrogen-bond donors (Lipinski definition) is 0. The summed E-state index contributed by atoms with van der Waals surface area (Å²) in [5.74, 6) is -0.281. The molecule has 6 nitrogen and oxygen atoms in total. The van der Waals surface area contributed by atoms with Gasteiger partial charge in [-0.1, -0.05) is 55.5 Å². The van der Waals surface area contributed by atoms with Gasteiger partial charge in [0.25, 0.3) is 0 Å². The summed E-state index contributed by atoms with van der Waals surface area (Å²) in [5.41, 5.74) is 4.95. The minimum Gasteiger partial charge on any atom is -0.497 e. The van der Waals surface area contributed by atoms with Gasteiger partial charge < -0.3 is 18.9 Å². The first kappa shape index (κ1) is 27.0. The molecule has 0 aliphatic heterocycles. The van der Waals surface area contributed by atoms with Crippen molar-refractivity contribution in [2.45, 2.75) is 37.9 Å². The number of fused-ring (bicyclic) bond motifs is 1. The smallest absolute Gasteiger partial charge is 0.338 e. The van der Waals surface area contributed by atoms with Crippen molar-refractivity contribution in [2.24, 2.45) is 0 Å². The minimum absolute atomic E-state index is 0.229. The molecule has 0 saturated heterocycles. The molecule has 204 valence electrons. The maximum atomic E-state index is 13.5. The summed E-state index contributed by atoms with van der Waals surface area (Å²) in [6, 6.07) is 29.7. The van der Waals surface area contributed by atoms with Crippen molar-refractivity contribution < 1.29 is 28.5 Å². The molecule has 0 heterocycles. The molecule has 0 N–H and O–H groups in total. The highest BCUT2D eigenvalue weighted by atomic mass is 16.6. The fraction of sp³-hybridized carbons (Fsp3) is 0.235. The number of benzene rings is 4. The van der Waals surface area contributed by atoms with Gasteiger partial charge in [-0.25, -0.2) is 9.59 Å². The SMILES string of the molecule is COc1ccc(C(=O)OC2C(C)c3ccccc3C(c3ccccc3C)C2OC(=O)c2ccc(OC)cc2)cc1. The molecular weight excluding hydrogens is 504 g/mol. The number of hydrogen-bond acceptors (Lipinski definition) is 6. The number of ether oxygens (including phenoxy) is 4. The van der Waals surface area contributed by atoms with Crippen LogP contribution in [-0.4, -0.2) is 38.4 Å². The Morgan fingerprint density at radius 1 is 0.575 bits per heavy atom. The first-order chi connectivity index (χ1) is 19.4. The van der Waals surface area contributed by atoms with E-state index >= 15 is 0 Å². The molecule has 0 saturated carbocycles. The summed E-state index contributed by atoms with van der Waals surface area (Å²) < 4.78 is 23.0. The van der Waals surface area contributed by atoms with Crippen LogP contribution in [0.2, 0.25) is 0 Å². The standard InChI is InChI=1S/C34H32O6/c1-21-9-5-6-10-27(21)30-29-12-8-7-11-28(29)22(2)31(39-33(35)23-13-17-25(37-3)18-14-23)32(30)40-34(36)24-15-19-26(38-4)20-16-24/h5-20,22,30-32H,1-4H3. The Labute approximate surface area is 234 Å². The lowest BCUT2D eigenvalue weighted by atomic mass is 9.70. The van der Waals surface area contributed by atoms with E-state index in [0.29, 0.717) is 22.6 Å². The molecule has 4 aromatic rings. The topological polar surface area (TPSA) is 71.1 Å². The molecule has 4 aromatic carbocycles. The minimum atomic E-state index is -0.775. The maximum Gasteiger partial charge on any atom is 0.338 e. The summed E-state index contributed by atoms with van der Waals surface area (Å²) in [7, 11) is 3.14. The molecule has 0 radical (unpaired) electrons. The van der Waals surface area contributed by atoms with E-state index in [1.165, 1.54) is 0 Å². The van der Waals surface area contributed by atoms with Crippen LogP contribution >= 0.6 is 0 Å². The molecule has 0 spiro atoms. The summed E-state index contributed by atoms with van der Waals surface area (Å²) in [6.07, 6.45) is -1.51. The van der Waals surface area contributed by atoms with Gasteiger partial charge in [0.15, 0.2) is 6.10 Å². The van der Waals surface area contributed by atoms with Crippen LogP contribution in [0.5, 0.6) is 11.5 Å². The second-order valence-corrected chi connectivity index (χ2v) is 9.95. The number of carbonyl (C=O) groups is 2. The van der Waals surface area contributed by atoms with E-state index in [4.69, 9.17) is 18.9 Å². The zero-order valence-electron chi connectivity index (χ0n) is 23.0. The third kappa shape index (κ3) is 5.30. The van der Waals surface area contributed by atoms with Crippen LogP contribution in [0.1, 0.15) is 61.7 Å². The fourth-order valence-electron chi connectivity index (χ4n) is 5.46. The van der Waals surface area contributed by atoms with Crippen LogP contribution in [0, 0.1) is 6.92 Å². The molecular formula is C34H32O6. The number of methoxy groups -OCH3 is 2. The highest BCUT2D eigenvalue weighted by molar-refractivity contribution is 5.91. The second-order valence-electron chi connectivity index (χ2n) is 9.95. The average Bonchev–Trinajstić information content (AvgIpc) is 3.00. The summed E-state index contributed by atoms with van der Waals surface area (Å²) in [4.78, 5) is 27.0. The van der Waals surface area contributed by atoms with Crippen molar-refractivity contribution >= 4 is 11.9 Å². The van der Waals surface area contributed by atoms with E-state index in [9.17, 15) is 9.59 Å². The monoisotopic (exact) mass is 536 g/mol. The summed E-state index contributed by atoms with van der Waals surface area (Å²) >= 11 is 0. The Morgan fingerprint density at radius 2 is 1.02 bits per heavy atom. The van der Waals surface area contributed by atoms with Crippen LogP contribution in [0.3, 0.4) is 0 Å². The molecule has 0 fully saturated rings. The predicted octanol–water partition coefficient (Wildman–Crippen LogP) is 6.71. The number of aryl methyl sites for hydroxylation is 1. The van der Waals surface area contributed by atoms with Crippen molar-refractivity contribution in [3.8, 4) is 11.5 Å². The zero-order chi connectivity index (χ0) is 28.2. The summed E-state index contributed by atoms with van der Waals surface area (Å²) in [5, 5.41) is 0. The van der Waals surface area contributed by atoms with Crippen LogP contribution < -0.4 is 9.47 Å². The van der Waals surface area contributed by atoms with Crippen LogP contribution in [0.4, 0.5) is 0 Å². The largest absolute Gasteiger partial charge is 0.497 e. The van der Waals surface area contributed by atoms with Crippen LogP contribution in [-0.2, 0) is 9.47 Å². The molecule has 4 atom stereocenters. The van der Waals surface area contributed by atoms with Gasteiger partial charge in [0.05, 0.1) is 31.3 Å². The Balaban J connectivity index is 1.58. The van der Waals surface area contributed by atoms with E-state index < -0.39 is 24.1 Å². The van der Waals surface area contributed by atoms with Gasteiger partial charge in [-0.05, 0) is 77.7 Å². The quantitative estimate of drug-likeness (QED) is 0.245. The van der Waals surface area contributed by atoms with Crippen molar-refractivity contribution in [3.05, 3.63) is 130 Å². The van der Waals surface area contributed by atoms with Gasteiger partial charge in [-0.3, -0.25) is 0 Å². The number of esters is 2. The lowest BCUT2D eigenvalue weighted by Gasteiger charge is -2.42. The van der Waals surface area contributed by atoms with Crippen molar-refractivity contribution in [1.29, 1.82) is 0 Å². The van der Waals surface area contributed by atoms with Gasteiger partial charge in [0.1, 0.15) is 17.6 Å². The molecule has 0 aromatic heterocycles. The van der Waals surface area contributed by atoms with E-state index in [1.54, 1.807) is 62.8 Å². The van der Waals surface area contributed by atoms with Gasteiger partial charge in [-0.2, -0.15) is 0 Å². The van der Waals surface area contributed by atoms with E-state index in [1.807, 2.05) is 50.2 Å². The first-order valence-electron chi connectivity index (χ1n) is 13.3. The molecule has 1 aliphatic rings. The molecule has 0 bridgehead atoms. The number of carbonyl (C=O) groups excluding carboxylic acids is 2. The molecule has 40 heavy (non-hydrogen) atoms. The molecule has 4 unspecified atom stereocenters. The van der Waals surface area contributed by atoms with E-state index in [-0.39, 0.29) is 11.8 Å². The Kier molecular flexibility index (Phi) is 7.87. The zero-order valence-corrected chi connectivity index (χ0v) is 23.0. The van der Waals surface area contributed by atoms with Crippen molar-refractivity contribution in [1.82, 2.24) is 0 Å². The lowest BCUT2D eigenvalue weighted by Crippen LogP contribution is -2.46. The van der Waals surface area contributed by atoms with Crippen molar-refractivity contribution in [2.75, 3.05) is 14.2 Å². The molecule has 0 amide bonds. The summed E-state index contributed by atoms with van der Waals surface area (Å²) in [6.45, 7) is 4.05. The van der Waals surface area contributed by atoms with Gasteiger partial charge >= 0.3 is 11.9 Å². The van der Waals surface area contributed by atoms with Crippen molar-refractivity contribution in [3.63, 3.8) is 0 Å². The Hall–Kier alpha value is -4.58. The normalized spacial score (nSPS) is 19.7. The highest BCUT2D eigenvalue weighted by Crippen LogP contribution is 2.46. The Morgan fingerprint density at radius 3 is 1.52 bits per heavy atom. The molecule has 5 rings (SSSR count). The Bertz CT molecular complexity index is 1490. The number of rotatable bonds is 7. The predicted molar refractivity (Wildman–Crippen MR) is 152 cm³/mol. The molecule has 1 aliphatic carbocycles. The second kappa shape index (κ2) is 11.7. The lowest BCUT2D eigenvalue weighted by molar-refractivity contribution is -0.0532. The van der Waals surface area contributed by atoms with Gasteiger partial charge in [0.2, 0.25) is 0 Å². The average molecular weight is 537 g/mol. The van der Waals surface area contributed by atoms with Gasteiger partial charge in [-0.15, -0.1) is 0 Å². The first-order valence-corrected chi connectivity index (χ1v) is 13.3. The molecule has 6 heteroatoms. The highest BCUT2D eigenvalue weighted by Gasteiger charge is 2.46. The van der Waals surface area contributed by atoms with Gasteiger partial charge in [0, 0.05) is 5.92 Å². The third-order valence-corrected chi connectivity index (χ3v) is 7.63. The maximum absolute atomic E-state index is 13.5.